The third-order valence-corrected chi connectivity index (χ3v) is 3.98. The molecule has 0 amide bonds. The smallest absolute Gasteiger partial charge is 0.231 e. The summed E-state index contributed by atoms with van der Waals surface area (Å²) in [6, 6.07) is 9.22. The highest BCUT2D eigenvalue weighted by atomic mass is 35.5. The second-order valence-corrected chi connectivity index (χ2v) is 5.95. The van der Waals surface area contributed by atoms with Gasteiger partial charge in [0.05, 0.1) is 5.02 Å². The minimum Gasteiger partial charge on any atom is -0.454 e. The lowest BCUT2D eigenvalue weighted by Gasteiger charge is -2.12. The van der Waals surface area contributed by atoms with Gasteiger partial charge in [-0.25, -0.2) is 15.0 Å². The highest BCUT2D eigenvalue weighted by molar-refractivity contribution is 6.30. The number of hydrogen-bond donors (Lipinski definition) is 3. The van der Waals surface area contributed by atoms with E-state index in [1.165, 1.54) is 6.33 Å². The van der Waals surface area contributed by atoms with Crippen LogP contribution in [0.15, 0.2) is 42.9 Å². The summed E-state index contributed by atoms with van der Waals surface area (Å²) in [5, 5.41) is 6.80. The fourth-order valence-corrected chi connectivity index (χ4v) is 2.56. The lowest BCUT2D eigenvalue weighted by Crippen LogP contribution is -2.08. The van der Waals surface area contributed by atoms with Crippen LogP contribution < -0.4 is 25.8 Å². The SMILES string of the molecule is Nc1c(NCc2ccc3c(c2)OCO3)ncnc1Nc1ccc(Cl)cn1. The molecule has 2 aromatic heterocycles. The Kier molecular flexibility index (Phi) is 4.32. The number of aromatic nitrogens is 3. The number of nitrogens with two attached hydrogens (primary N) is 1. The maximum atomic E-state index is 6.17. The topological polar surface area (TPSA) is 107 Å². The number of halogens is 1. The Morgan fingerprint density at radius 1 is 1.04 bits per heavy atom. The number of pyridine rings is 1. The molecule has 0 unspecified atom stereocenters. The molecule has 0 saturated carbocycles. The molecular formula is C17H15ClN6O2. The van der Waals surface area contributed by atoms with Crippen molar-refractivity contribution in [3.8, 4) is 11.5 Å². The highest BCUT2D eigenvalue weighted by Gasteiger charge is 2.14. The Morgan fingerprint density at radius 3 is 2.73 bits per heavy atom. The Labute approximate surface area is 154 Å². The van der Waals surface area contributed by atoms with Crippen LogP contribution in [0.5, 0.6) is 11.5 Å². The summed E-state index contributed by atoms with van der Waals surface area (Å²) in [5.41, 5.74) is 7.58. The summed E-state index contributed by atoms with van der Waals surface area (Å²) < 4.78 is 10.7. The first-order chi connectivity index (χ1) is 12.7. The lowest BCUT2D eigenvalue weighted by molar-refractivity contribution is 0.174. The number of rotatable bonds is 5. The Balaban J connectivity index is 1.47. The number of nitrogen functional groups attached to an aromatic ring is 1. The highest BCUT2D eigenvalue weighted by Crippen LogP contribution is 2.33. The minimum atomic E-state index is 0.249. The summed E-state index contributed by atoms with van der Waals surface area (Å²) in [5.74, 6) is 3.05. The standard InChI is InChI=1S/C17H15ClN6O2/c18-11-2-4-14(20-7-11)24-17-15(19)16(22-8-23-17)21-6-10-1-3-12-13(5-10)26-9-25-12/h1-5,7-8H,6,9,19H2,(H2,20,21,22,23,24). The molecule has 132 valence electrons. The Morgan fingerprint density at radius 2 is 1.88 bits per heavy atom. The molecule has 0 spiro atoms. The van der Waals surface area contributed by atoms with Crippen LogP contribution in [0.25, 0.3) is 0 Å². The van der Waals surface area contributed by atoms with Gasteiger partial charge in [0.25, 0.3) is 0 Å². The van der Waals surface area contributed by atoms with Gasteiger partial charge in [0.2, 0.25) is 6.79 Å². The van der Waals surface area contributed by atoms with Crippen molar-refractivity contribution < 1.29 is 9.47 Å². The summed E-state index contributed by atoms with van der Waals surface area (Å²) in [7, 11) is 0. The molecule has 3 heterocycles. The van der Waals surface area contributed by atoms with Crippen molar-refractivity contribution in [2.75, 3.05) is 23.2 Å². The van der Waals surface area contributed by atoms with Gasteiger partial charge in [0, 0.05) is 12.7 Å². The van der Waals surface area contributed by atoms with Gasteiger partial charge in [-0.1, -0.05) is 17.7 Å². The van der Waals surface area contributed by atoms with Gasteiger partial charge < -0.3 is 25.8 Å². The molecule has 4 rings (SSSR count). The number of anilines is 4. The van der Waals surface area contributed by atoms with Crippen molar-refractivity contribution in [3.05, 3.63) is 53.4 Å². The second-order valence-electron chi connectivity index (χ2n) is 5.51. The van der Waals surface area contributed by atoms with Gasteiger partial charge in [-0.05, 0) is 29.8 Å². The molecule has 3 aromatic rings. The van der Waals surface area contributed by atoms with E-state index in [0.717, 1.165) is 17.1 Å². The summed E-state index contributed by atoms with van der Waals surface area (Å²) in [4.78, 5) is 12.5. The van der Waals surface area contributed by atoms with Crippen molar-refractivity contribution in [2.45, 2.75) is 6.54 Å². The summed E-state index contributed by atoms with van der Waals surface area (Å²) >= 11 is 5.84. The monoisotopic (exact) mass is 370 g/mol. The zero-order valence-electron chi connectivity index (χ0n) is 13.6. The van der Waals surface area contributed by atoms with Gasteiger partial charge in [-0.3, -0.25) is 0 Å². The number of nitrogens with one attached hydrogen (secondary N) is 2. The first kappa shape index (κ1) is 16.2. The average Bonchev–Trinajstić information content (AvgIpc) is 3.12. The number of hydrogen-bond acceptors (Lipinski definition) is 8. The number of fused-ring (bicyclic) bond motifs is 1. The van der Waals surface area contributed by atoms with E-state index in [9.17, 15) is 0 Å². The van der Waals surface area contributed by atoms with E-state index in [0.29, 0.717) is 34.7 Å². The Hall–Kier alpha value is -3.26. The molecular weight excluding hydrogens is 356 g/mol. The molecule has 1 aromatic carbocycles. The molecule has 0 fully saturated rings. The van der Waals surface area contributed by atoms with E-state index in [1.54, 1.807) is 18.3 Å². The number of ether oxygens (including phenoxy) is 2. The fourth-order valence-electron chi connectivity index (χ4n) is 2.44. The van der Waals surface area contributed by atoms with Crippen LogP contribution in [-0.2, 0) is 6.54 Å². The van der Waals surface area contributed by atoms with E-state index < -0.39 is 0 Å². The number of benzene rings is 1. The largest absolute Gasteiger partial charge is 0.454 e. The first-order valence-electron chi connectivity index (χ1n) is 7.80. The van der Waals surface area contributed by atoms with Crippen LogP contribution in [0.1, 0.15) is 5.56 Å². The predicted octanol–water partition coefficient (Wildman–Crippen LogP) is 3.19. The molecule has 1 aliphatic rings. The summed E-state index contributed by atoms with van der Waals surface area (Å²) in [6.45, 7) is 0.773. The summed E-state index contributed by atoms with van der Waals surface area (Å²) in [6.07, 6.45) is 2.97. The van der Waals surface area contributed by atoms with E-state index in [2.05, 4.69) is 25.6 Å². The van der Waals surface area contributed by atoms with E-state index in [1.807, 2.05) is 18.2 Å². The Bertz CT molecular complexity index is 935. The van der Waals surface area contributed by atoms with Crippen molar-refractivity contribution >= 4 is 34.7 Å². The van der Waals surface area contributed by atoms with Crippen molar-refractivity contribution in [1.82, 2.24) is 15.0 Å². The molecule has 0 atom stereocenters. The van der Waals surface area contributed by atoms with Crippen LogP contribution in [-0.4, -0.2) is 21.7 Å². The molecule has 0 saturated heterocycles. The third kappa shape index (κ3) is 3.40. The molecule has 1 aliphatic heterocycles. The zero-order chi connectivity index (χ0) is 17.9. The zero-order valence-corrected chi connectivity index (χ0v) is 14.3. The maximum Gasteiger partial charge on any atom is 0.231 e. The van der Waals surface area contributed by atoms with Crippen molar-refractivity contribution in [2.24, 2.45) is 0 Å². The van der Waals surface area contributed by atoms with Crippen LogP contribution >= 0.6 is 11.6 Å². The van der Waals surface area contributed by atoms with Crippen LogP contribution in [0.3, 0.4) is 0 Å². The van der Waals surface area contributed by atoms with Crippen LogP contribution in [0.4, 0.5) is 23.1 Å². The predicted molar refractivity (Wildman–Crippen MR) is 98.9 cm³/mol. The molecule has 4 N–H and O–H groups in total. The van der Waals surface area contributed by atoms with Gasteiger partial charge >= 0.3 is 0 Å². The van der Waals surface area contributed by atoms with Gasteiger partial charge in [0.1, 0.15) is 17.8 Å². The van der Waals surface area contributed by atoms with E-state index >= 15 is 0 Å². The molecule has 9 heteroatoms. The lowest BCUT2D eigenvalue weighted by atomic mass is 10.2. The second kappa shape index (κ2) is 6.93. The van der Waals surface area contributed by atoms with E-state index in [4.69, 9.17) is 26.8 Å². The quantitative estimate of drug-likeness (QED) is 0.628. The minimum absolute atomic E-state index is 0.249. The van der Waals surface area contributed by atoms with Gasteiger partial charge in [-0.2, -0.15) is 0 Å². The molecule has 0 aliphatic carbocycles. The molecule has 8 nitrogen and oxygen atoms in total. The van der Waals surface area contributed by atoms with Crippen LogP contribution in [0, 0.1) is 0 Å². The molecule has 26 heavy (non-hydrogen) atoms. The van der Waals surface area contributed by atoms with Crippen molar-refractivity contribution in [3.63, 3.8) is 0 Å². The normalized spacial score (nSPS) is 12.0. The average molecular weight is 371 g/mol. The maximum absolute atomic E-state index is 6.17. The third-order valence-electron chi connectivity index (χ3n) is 3.75. The van der Waals surface area contributed by atoms with Crippen molar-refractivity contribution in [1.29, 1.82) is 0 Å². The molecule has 0 radical (unpaired) electrons. The van der Waals surface area contributed by atoms with Gasteiger partial charge in [-0.15, -0.1) is 0 Å². The van der Waals surface area contributed by atoms with Gasteiger partial charge in [0.15, 0.2) is 23.1 Å². The fraction of sp³-hybridized carbons (Fsp3) is 0.118. The first-order valence-corrected chi connectivity index (χ1v) is 8.18. The van der Waals surface area contributed by atoms with E-state index in [-0.39, 0.29) is 6.79 Å². The van der Waals surface area contributed by atoms with Crippen LogP contribution in [0.2, 0.25) is 5.02 Å². The molecule has 0 bridgehead atoms. The number of nitrogens with zero attached hydrogens (tertiary/aromatic N) is 3.